The minimum absolute atomic E-state index is 0.125. The zero-order valence-corrected chi connectivity index (χ0v) is 17.6. The molecule has 0 saturated heterocycles. The largest absolute Gasteiger partial charge is 0.425 e. The van der Waals surface area contributed by atoms with Gasteiger partial charge in [0.2, 0.25) is 0 Å². The average molecular weight is 459 g/mol. The number of nitrogens with one attached hydrogen (secondary N) is 3. The van der Waals surface area contributed by atoms with Crippen LogP contribution in [0.5, 0.6) is 0 Å². The van der Waals surface area contributed by atoms with E-state index in [1.165, 1.54) is 11.3 Å². The molecule has 2 aromatic heterocycles. The standard InChI is InChI=1S/C19H21F3N4O2S2/c20-19(21,22)15-11(9-5-6-24-8-13(9)29-15)7-25-18(28)26-17-14(16(23)27)10-3-1-2-4-12(10)30-17/h24H,1-8H2,(H2,23,27)(H2,25,26,28). The van der Waals surface area contributed by atoms with E-state index in [2.05, 4.69) is 16.0 Å². The number of anilines is 1. The number of carbonyl (C=O) groups excluding carboxylic acids is 2. The second-order valence-electron chi connectivity index (χ2n) is 7.32. The van der Waals surface area contributed by atoms with Crippen LogP contribution in [0.1, 0.15) is 54.5 Å². The molecule has 2 aromatic rings. The molecule has 3 amide bonds. The third-order valence-corrected chi connectivity index (χ3v) is 7.89. The van der Waals surface area contributed by atoms with Crippen LogP contribution in [0.2, 0.25) is 0 Å². The van der Waals surface area contributed by atoms with Gasteiger partial charge in [-0.05, 0) is 55.3 Å². The lowest BCUT2D eigenvalue weighted by molar-refractivity contribution is -0.135. The van der Waals surface area contributed by atoms with Crippen LogP contribution in [0.3, 0.4) is 0 Å². The molecule has 0 bridgehead atoms. The van der Waals surface area contributed by atoms with Gasteiger partial charge in [-0.1, -0.05) is 0 Å². The predicted molar refractivity (Wildman–Crippen MR) is 110 cm³/mol. The Kier molecular flexibility index (Phi) is 5.78. The van der Waals surface area contributed by atoms with E-state index in [0.717, 1.165) is 47.5 Å². The van der Waals surface area contributed by atoms with Gasteiger partial charge >= 0.3 is 12.2 Å². The van der Waals surface area contributed by atoms with Crippen molar-refractivity contribution in [3.8, 4) is 0 Å². The van der Waals surface area contributed by atoms with Crippen LogP contribution in [0, 0.1) is 0 Å². The Bertz CT molecular complexity index is 997. The van der Waals surface area contributed by atoms with Gasteiger partial charge in [-0.25, -0.2) is 4.79 Å². The Morgan fingerprint density at radius 3 is 2.57 bits per heavy atom. The highest BCUT2D eigenvalue weighted by molar-refractivity contribution is 7.17. The van der Waals surface area contributed by atoms with Crippen molar-refractivity contribution in [1.82, 2.24) is 10.6 Å². The van der Waals surface area contributed by atoms with Gasteiger partial charge < -0.3 is 16.4 Å². The number of amides is 3. The van der Waals surface area contributed by atoms with Crippen molar-refractivity contribution in [3.63, 3.8) is 0 Å². The molecule has 11 heteroatoms. The first kappa shape index (κ1) is 21.1. The Hall–Kier alpha value is -2.11. The molecule has 0 spiro atoms. The summed E-state index contributed by atoms with van der Waals surface area (Å²) in [6.45, 7) is 0.768. The lowest BCUT2D eigenvalue weighted by atomic mass is 9.95. The molecule has 1 aliphatic carbocycles. The summed E-state index contributed by atoms with van der Waals surface area (Å²) >= 11 is 2.04. The average Bonchev–Trinajstić information content (AvgIpc) is 3.24. The molecule has 0 radical (unpaired) electrons. The lowest BCUT2D eigenvalue weighted by Crippen LogP contribution is -2.30. The summed E-state index contributed by atoms with van der Waals surface area (Å²) in [6, 6.07) is -0.655. The molecular weight excluding hydrogens is 437 g/mol. The van der Waals surface area contributed by atoms with E-state index in [4.69, 9.17) is 5.73 Å². The van der Waals surface area contributed by atoms with Crippen LogP contribution < -0.4 is 21.7 Å². The summed E-state index contributed by atoms with van der Waals surface area (Å²) in [7, 11) is 0. The van der Waals surface area contributed by atoms with Crippen LogP contribution >= 0.6 is 22.7 Å². The molecule has 5 N–H and O–H groups in total. The monoisotopic (exact) mass is 458 g/mol. The molecule has 0 fully saturated rings. The molecule has 0 atom stereocenters. The van der Waals surface area contributed by atoms with Crippen LogP contribution in [-0.2, 0) is 38.5 Å². The molecule has 2 aliphatic rings. The molecule has 6 nitrogen and oxygen atoms in total. The number of hydrogen-bond acceptors (Lipinski definition) is 5. The molecule has 3 heterocycles. The number of hydrogen-bond donors (Lipinski definition) is 4. The minimum Gasteiger partial charge on any atom is -0.365 e. The van der Waals surface area contributed by atoms with E-state index in [1.54, 1.807) is 0 Å². The number of rotatable bonds is 4. The first-order valence-electron chi connectivity index (χ1n) is 9.66. The zero-order valence-electron chi connectivity index (χ0n) is 16.0. The number of carbonyl (C=O) groups is 2. The number of urea groups is 1. The van der Waals surface area contributed by atoms with Crippen LogP contribution in [-0.4, -0.2) is 18.5 Å². The zero-order chi connectivity index (χ0) is 21.5. The number of halogens is 3. The highest BCUT2D eigenvalue weighted by Crippen LogP contribution is 2.42. The van der Waals surface area contributed by atoms with Gasteiger partial charge in [-0.3, -0.25) is 10.1 Å². The van der Waals surface area contributed by atoms with Crippen molar-refractivity contribution in [2.45, 2.75) is 51.4 Å². The maximum atomic E-state index is 13.5. The number of aryl methyl sites for hydroxylation is 1. The summed E-state index contributed by atoms with van der Waals surface area (Å²) in [5.74, 6) is -0.608. The smallest absolute Gasteiger partial charge is 0.365 e. The van der Waals surface area contributed by atoms with Gasteiger partial charge in [0.15, 0.2) is 0 Å². The number of alkyl halides is 3. The fourth-order valence-corrected chi connectivity index (χ4v) is 6.54. The van der Waals surface area contributed by atoms with Crippen molar-refractivity contribution in [1.29, 1.82) is 0 Å². The number of nitrogens with two attached hydrogens (primary N) is 1. The lowest BCUT2D eigenvalue weighted by Gasteiger charge is -2.15. The van der Waals surface area contributed by atoms with Crippen molar-refractivity contribution in [2.24, 2.45) is 5.73 Å². The molecule has 0 unspecified atom stereocenters. The summed E-state index contributed by atoms with van der Waals surface area (Å²) < 4.78 is 40.5. The number of primary amides is 1. The second kappa shape index (κ2) is 8.20. The first-order valence-corrected chi connectivity index (χ1v) is 11.3. The first-order chi connectivity index (χ1) is 14.3. The Balaban J connectivity index is 1.52. The molecule has 0 aromatic carbocycles. The maximum Gasteiger partial charge on any atom is 0.425 e. The van der Waals surface area contributed by atoms with Crippen molar-refractivity contribution in [2.75, 3.05) is 11.9 Å². The fourth-order valence-electron chi connectivity index (χ4n) is 4.05. The van der Waals surface area contributed by atoms with Gasteiger partial charge in [0.05, 0.1) is 5.56 Å². The van der Waals surface area contributed by atoms with Gasteiger partial charge in [-0.15, -0.1) is 22.7 Å². The SMILES string of the molecule is NC(=O)c1c(NC(=O)NCc2c(C(F)(F)F)sc3c2CCNC3)sc2c1CCCC2. The molecule has 30 heavy (non-hydrogen) atoms. The van der Waals surface area contributed by atoms with E-state index in [1.807, 2.05) is 0 Å². The second-order valence-corrected chi connectivity index (χ2v) is 9.53. The summed E-state index contributed by atoms with van der Waals surface area (Å²) in [5.41, 5.74) is 7.51. The highest BCUT2D eigenvalue weighted by Gasteiger charge is 2.38. The molecular formula is C19H21F3N4O2S2. The quantitative estimate of drug-likeness (QED) is 0.562. The molecule has 162 valence electrons. The third-order valence-electron chi connectivity index (χ3n) is 5.37. The van der Waals surface area contributed by atoms with Gasteiger partial charge in [0.25, 0.3) is 5.91 Å². The van der Waals surface area contributed by atoms with Crippen LogP contribution in [0.15, 0.2) is 0 Å². The third kappa shape index (κ3) is 4.06. The van der Waals surface area contributed by atoms with E-state index < -0.39 is 23.0 Å². The molecule has 1 aliphatic heterocycles. The van der Waals surface area contributed by atoms with Crippen molar-refractivity contribution >= 4 is 39.6 Å². The Morgan fingerprint density at radius 1 is 1.07 bits per heavy atom. The van der Waals surface area contributed by atoms with Gasteiger partial charge in [0.1, 0.15) is 9.88 Å². The predicted octanol–water partition coefficient (Wildman–Crippen LogP) is 3.77. The summed E-state index contributed by atoms with van der Waals surface area (Å²) in [5, 5.41) is 8.59. The van der Waals surface area contributed by atoms with E-state index >= 15 is 0 Å². The fraction of sp³-hybridized carbons (Fsp3) is 0.474. The summed E-state index contributed by atoms with van der Waals surface area (Å²) in [4.78, 5) is 25.4. The number of thiophene rings is 2. The van der Waals surface area contributed by atoms with E-state index in [9.17, 15) is 22.8 Å². The van der Waals surface area contributed by atoms with Crippen LogP contribution in [0.4, 0.5) is 23.0 Å². The number of fused-ring (bicyclic) bond motifs is 2. The Labute approximate surface area is 179 Å². The highest BCUT2D eigenvalue weighted by atomic mass is 32.1. The maximum absolute atomic E-state index is 13.5. The van der Waals surface area contributed by atoms with Gasteiger partial charge in [-0.2, -0.15) is 13.2 Å². The van der Waals surface area contributed by atoms with Crippen molar-refractivity contribution in [3.05, 3.63) is 36.9 Å². The Morgan fingerprint density at radius 2 is 1.83 bits per heavy atom. The molecule has 4 rings (SSSR count). The van der Waals surface area contributed by atoms with Crippen LogP contribution in [0.25, 0.3) is 0 Å². The summed E-state index contributed by atoms with van der Waals surface area (Å²) in [6.07, 6.45) is -0.458. The molecule has 0 saturated carbocycles. The van der Waals surface area contributed by atoms with Crippen molar-refractivity contribution < 1.29 is 22.8 Å². The van der Waals surface area contributed by atoms with Gasteiger partial charge in [0, 0.05) is 22.8 Å². The normalized spacial score (nSPS) is 16.0. The van der Waals surface area contributed by atoms with E-state index in [0.29, 0.717) is 40.5 Å². The minimum atomic E-state index is -4.47. The topological polar surface area (TPSA) is 96.2 Å². The van der Waals surface area contributed by atoms with E-state index in [-0.39, 0.29) is 12.1 Å².